The number of nitrogens with zero attached hydrogens (tertiary/aromatic N) is 2. The van der Waals surface area contributed by atoms with Crippen molar-refractivity contribution in [3.8, 4) is 11.1 Å². The molecule has 2 heterocycles. The zero-order valence-corrected chi connectivity index (χ0v) is 15.2. The first kappa shape index (κ1) is 16.1. The molecule has 4 aromatic rings. The van der Waals surface area contributed by atoms with E-state index in [1.165, 1.54) is 5.56 Å². The monoisotopic (exact) mass is 365 g/mol. The summed E-state index contributed by atoms with van der Waals surface area (Å²) in [5.74, 6) is 0.854. The van der Waals surface area contributed by atoms with Gasteiger partial charge >= 0.3 is 0 Å². The summed E-state index contributed by atoms with van der Waals surface area (Å²) in [4.78, 5) is 9.91. The molecular formula is C20H16ClN3S. The predicted octanol–water partition coefficient (Wildman–Crippen LogP) is 6.18. The third-order valence-corrected chi connectivity index (χ3v) is 5.32. The van der Waals surface area contributed by atoms with Crippen molar-refractivity contribution in [1.82, 2.24) is 9.97 Å². The Hall–Kier alpha value is -2.43. The number of nitrogens with one attached hydrogen (secondary N) is 1. The van der Waals surface area contributed by atoms with Crippen molar-refractivity contribution < 1.29 is 0 Å². The van der Waals surface area contributed by atoms with E-state index in [9.17, 15) is 0 Å². The van der Waals surface area contributed by atoms with Crippen molar-refractivity contribution in [3.63, 3.8) is 0 Å². The molecule has 0 amide bonds. The summed E-state index contributed by atoms with van der Waals surface area (Å²) >= 11 is 7.65. The van der Waals surface area contributed by atoms with E-state index >= 15 is 0 Å². The largest absolute Gasteiger partial charge is 0.363 e. The minimum Gasteiger partial charge on any atom is -0.363 e. The third kappa shape index (κ3) is 3.23. The first-order chi connectivity index (χ1) is 12.2. The van der Waals surface area contributed by atoms with Crippen LogP contribution in [0, 0.1) is 0 Å². The van der Waals surface area contributed by atoms with Crippen LogP contribution in [0.3, 0.4) is 0 Å². The fraction of sp³-hybridized carbons (Fsp3) is 0.100. The molecule has 0 saturated heterocycles. The molecule has 0 aliphatic carbocycles. The summed E-state index contributed by atoms with van der Waals surface area (Å²) in [6.07, 6.45) is 1.62. The lowest BCUT2D eigenvalue weighted by atomic mass is 10.1. The van der Waals surface area contributed by atoms with Crippen LogP contribution in [0.2, 0.25) is 5.02 Å². The zero-order chi connectivity index (χ0) is 17.2. The molecule has 0 unspecified atom stereocenters. The van der Waals surface area contributed by atoms with Crippen LogP contribution in [-0.4, -0.2) is 9.97 Å². The van der Waals surface area contributed by atoms with Gasteiger partial charge < -0.3 is 5.32 Å². The van der Waals surface area contributed by atoms with Gasteiger partial charge in [0, 0.05) is 22.0 Å². The van der Waals surface area contributed by atoms with Crippen LogP contribution in [0.15, 0.2) is 66.3 Å². The van der Waals surface area contributed by atoms with Crippen molar-refractivity contribution in [2.75, 3.05) is 5.32 Å². The molecule has 0 bridgehead atoms. The SMILES string of the molecule is C[C@@H](Nc1ncnc2scc(-c3ccc(Cl)cc3)c12)c1ccccc1. The van der Waals surface area contributed by atoms with Gasteiger partial charge in [0.15, 0.2) is 0 Å². The van der Waals surface area contributed by atoms with E-state index in [0.717, 1.165) is 32.2 Å². The molecule has 5 heteroatoms. The Bertz CT molecular complexity index is 997. The molecule has 4 rings (SSSR count). The van der Waals surface area contributed by atoms with Gasteiger partial charge in [0.05, 0.1) is 5.39 Å². The molecule has 124 valence electrons. The normalized spacial score (nSPS) is 12.2. The first-order valence-electron chi connectivity index (χ1n) is 8.02. The molecule has 0 aliphatic heterocycles. The maximum absolute atomic E-state index is 6.02. The van der Waals surface area contributed by atoms with Crippen LogP contribution in [0.1, 0.15) is 18.5 Å². The Balaban J connectivity index is 1.76. The lowest BCUT2D eigenvalue weighted by molar-refractivity contribution is 0.876. The minimum atomic E-state index is 0.150. The molecule has 0 aliphatic rings. The molecule has 2 aromatic heterocycles. The Morgan fingerprint density at radius 2 is 1.76 bits per heavy atom. The molecule has 25 heavy (non-hydrogen) atoms. The lowest BCUT2D eigenvalue weighted by Crippen LogP contribution is -2.08. The zero-order valence-electron chi connectivity index (χ0n) is 13.6. The topological polar surface area (TPSA) is 37.8 Å². The van der Waals surface area contributed by atoms with Gasteiger partial charge in [-0.1, -0.05) is 54.1 Å². The van der Waals surface area contributed by atoms with E-state index < -0.39 is 0 Å². The van der Waals surface area contributed by atoms with E-state index in [0.29, 0.717) is 0 Å². The number of aromatic nitrogens is 2. The minimum absolute atomic E-state index is 0.150. The van der Waals surface area contributed by atoms with E-state index in [-0.39, 0.29) is 6.04 Å². The highest BCUT2D eigenvalue weighted by molar-refractivity contribution is 7.17. The van der Waals surface area contributed by atoms with Crippen LogP contribution < -0.4 is 5.32 Å². The Labute approximate surface area is 155 Å². The van der Waals surface area contributed by atoms with Gasteiger partial charge in [-0.2, -0.15) is 0 Å². The van der Waals surface area contributed by atoms with Gasteiger partial charge in [-0.3, -0.25) is 0 Å². The number of fused-ring (bicyclic) bond motifs is 1. The fourth-order valence-electron chi connectivity index (χ4n) is 2.86. The molecular weight excluding hydrogens is 350 g/mol. The standard InChI is InChI=1S/C20H16ClN3S/c1-13(14-5-3-2-4-6-14)24-19-18-17(11-25-20(18)23-12-22-19)15-7-9-16(21)10-8-15/h2-13H,1H3,(H,22,23,24)/t13-/m1/s1. The second kappa shape index (κ2) is 6.82. The van der Waals surface area contributed by atoms with Crippen molar-refractivity contribution in [2.24, 2.45) is 0 Å². The van der Waals surface area contributed by atoms with Crippen LogP contribution >= 0.6 is 22.9 Å². The van der Waals surface area contributed by atoms with E-state index in [1.807, 2.05) is 42.5 Å². The van der Waals surface area contributed by atoms with Crippen LogP contribution in [0.4, 0.5) is 5.82 Å². The van der Waals surface area contributed by atoms with Gasteiger partial charge in [0.25, 0.3) is 0 Å². The van der Waals surface area contributed by atoms with E-state index in [4.69, 9.17) is 11.6 Å². The maximum atomic E-state index is 6.02. The number of rotatable bonds is 4. The van der Waals surface area contributed by atoms with Gasteiger partial charge in [0.2, 0.25) is 0 Å². The Morgan fingerprint density at radius 3 is 2.52 bits per heavy atom. The molecule has 0 saturated carbocycles. The second-order valence-electron chi connectivity index (χ2n) is 5.84. The van der Waals surface area contributed by atoms with Gasteiger partial charge in [-0.15, -0.1) is 11.3 Å². The van der Waals surface area contributed by atoms with Gasteiger partial charge in [-0.05, 0) is 30.2 Å². The van der Waals surface area contributed by atoms with Crippen LogP contribution in [-0.2, 0) is 0 Å². The summed E-state index contributed by atoms with van der Waals surface area (Å²) in [5.41, 5.74) is 3.46. The van der Waals surface area contributed by atoms with Crippen LogP contribution in [0.5, 0.6) is 0 Å². The summed E-state index contributed by atoms with van der Waals surface area (Å²) in [5, 5.41) is 7.45. The van der Waals surface area contributed by atoms with E-state index in [2.05, 4.69) is 39.7 Å². The number of halogens is 1. The van der Waals surface area contributed by atoms with Crippen molar-refractivity contribution >= 4 is 39.0 Å². The molecule has 1 N–H and O–H groups in total. The Morgan fingerprint density at radius 1 is 1.00 bits per heavy atom. The smallest absolute Gasteiger partial charge is 0.139 e. The van der Waals surface area contributed by atoms with Crippen molar-refractivity contribution in [1.29, 1.82) is 0 Å². The predicted molar refractivity (Wildman–Crippen MR) is 106 cm³/mol. The third-order valence-electron chi connectivity index (χ3n) is 4.18. The molecule has 0 radical (unpaired) electrons. The fourth-order valence-corrected chi connectivity index (χ4v) is 3.90. The summed E-state index contributed by atoms with van der Waals surface area (Å²) in [7, 11) is 0. The highest BCUT2D eigenvalue weighted by Gasteiger charge is 2.15. The average molecular weight is 366 g/mol. The number of benzene rings is 2. The molecule has 0 fully saturated rings. The van der Waals surface area contributed by atoms with E-state index in [1.54, 1.807) is 17.7 Å². The molecule has 2 aromatic carbocycles. The number of anilines is 1. The average Bonchev–Trinajstić information content (AvgIpc) is 3.08. The quantitative estimate of drug-likeness (QED) is 0.469. The summed E-state index contributed by atoms with van der Waals surface area (Å²) in [6.45, 7) is 2.14. The second-order valence-corrected chi connectivity index (χ2v) is 7.13. The molecule has 0 spiro atoms. The first-order valence-corrected chi connectivity index (χ1v) is 9.28. The number of hydrogen-bond acceptors (Lipinski definition) is 4. The summed E-state index contributed by atoms with van der Waals surface area (Å²) < 4.78 is 0. The highest BCUT2D eigenvalue weighted by Crippen LogP contribution is 2.37. The number of hydrogen-bond donors (Lipinski definition) is 1. The van der Waals surface area contributed by atoms with Crippen LogP contribution in [0.25, 0.3) is 21.3 Å². The van der Waals surface area contributed by atoms with Gasteiger partial charge in [0.1, 0.15) is 17.0 Å². The summed E-state index contributed by atoms with van der Waals surface area (Å²) in [6, 6.07) is 18.4. The van der Waals surface area contributed by atoms with Gasteiger partial charge in [-0.25, -0.2) is 9.97 Å². The Kier molecular flexibility index (Phi) is 4.38. The molecule has 3 nitrogen and oxygen atoms in total. The van der Waals surface area contributed by atoms with Crippen molar-refractivity contribution in [3.05, 3.63) is 76.9 Å². The van der Waals surface area contributed by atoms with Crippen molar-refractivity contribution in [2.45, 2.75) is 13.0 Å². The maximum Gasteiger partial charge on any atom is 0.139 e. The molecule has 1 atom stereocenters. The number of thiophene rings is 1. The highest BCUT2D eigenvalue weighted by atomic mass is 35.5. The lowest BCUT2D eigenvalue weighted by Gasteiger charge is -2.16.